The van der Waals surface area contributed by atoms with E-state index in [2.05, 4.69) is 10.4 Å². The number of carbonyl (C=O) groups is 3. The molecule has 9 nitrogen and oxygen atoms in total. The average molecular weight is 487 g/mol. The van der Waals surface area contributed by atoms with Gasteiger partial charge in [0, 0.05) is 36.5 Å². The molecule has 1 aliphatic rings. The third kappa shape index (κ3) is 6.74. The predicted molar refractivity (Wildman–Crippen MR) is 133 cm³/mol. The maximum Gasteiger partial charge on any atom is 0.410 e. The molecule has 1 fully saturated rings. The molecular formula is C26H38N4O5. The second-order valence-electron chi connectivity index (χ2n) is 10.3. The van der Waals surface area contributed by atoms with Gasteiger partial charge in [0.05, 0.1) is 12.1 Å². The SMILES string of the molecule is CCOC(=O)CC[C@@H]1CC[C@H](NC(=O)c2nn(C(C)C)c3ccccc23)CN1C(=O)OC(C)(C)C. The first kappa shape index (κ1) is 26.5. The Hall–Kier alpha value is -3.10. The Labute approximate surface area is 207 Å². The van der Waals surface area contributed by atoms with E-state index in [1.165, 1.54) is 0 Å². The summed E-state index contributed by atoms with van der Waals surface area (Å²) in [5.41, 5.74) is 0.634. The van der Waals surface area contributed by atoms with Crippen LogP contribution in [0.3, 0.4) is 0 Å². The number of esters is 1. The van der Waals surface area contributed by atoms with Crippen LogP contribution < -0.4 is 5.32 Å². The largest absolute Gasteiger partial charge is 0.466 e. The van der Waals surface area contributed by atoms with Crippen molar-refractivity contribution in [2.24, 2.45) is 0 Å². The Kier molecular flexibility index (Phi) is 8.40. The van der Waals surface area contributed by atoms with Gasteiger partial charge in [-0.3, -0.25) is 14.3 Å². The van der Waals surface area contributed by atoms with Crippen LogP contribution in [-0.2, 0) is 14.3 Å². The number of rotatable bonds is 7. The Morgan fingerprint density at radius 1 is 1.17 bits per heavy atom. The molecule has 192 valence electrons. The molecule has 0 aliphatic carbocycles. The van der Waals surface area contributed by atoms with Gasteiger partial charge in [0.15, 0.2) is 5.69 Å². The summed E-state index contributed by atoms with van der Waals surface area (Å²) < 4.78 is 12.5. The van der Waals surface area contributed by atoms with Gasteiger partial charge in [0.2, 0.25) is 0 Å². The molecule has 1 aliphatic heterocycles. The first-order chi connectivity index (χ1) is 16.5. The highest BCUT2D eigenvalue weighted by Crippen LogP contribution is 2.26. The van der Waals surface area contributed by atoms with Crippen molar-refractivity contribution in [1.29, 1.82) is 0 Å². The lowest BCUT2D eigenvalue weighted by Crippen LogP contribution is -2.55. The van der Waals surface area contributed by atoms with E-state index in [1.807, 2.05) is 63.6 Å². The van der Waals surface area contributed by atoms with E-state index in [-0.39, 0.29) is 36.4 Å². The number of aromatic nitrogens is 2. The number of hydrogen-bond acceptors (Lipinski definition) is 6. The van der Waals surface area contributed by atoms with Crippen molar-refractivity contribution in [3.63, 3.8) is 0 Å². The first-order valence-electron chi connectivity index (χ1n) is 12.4. The molecule has 3 rings (SSSR count). The summed E-state index contributed by atoms with van der Waals surface area (Å²) in [5.74, 6) is -0.542. The summed E-state index contributed by atoms with van der Waals surface area (Å²) >= 11 is 0. The van der Waals surface area contributed by atoms with Crippen molar-refractivity contribution in [2.45, 2.75) is 91.0 Å². The molecule has 0 unspecified atom stereocenters. The molecule has 35 heavy (non-hydrogen) atoms. The fraction of sp³-hybridized carbons (Fsp3) is 0.615. The van der Waals surface area contributed by atoms with E-state index >= 15 is 0 Å². The zero-order valence-electron chi connectivity index (χ0n) is 21.7. The van der Waals surface area contributed by atoms with Crippen LogP contribution in [0.4, 0.5) is 4.79 Å². The van der Waals surface area contributed by atoms with E-state index in [4.69, 9.17) is 9.47 Å². The highest BCUT2D eigenvalue weighted by atomic mass is 16.6. The van der Waals surface area contributed by atoms with Crippen molar-refractivity contribution in [1.82, 2.24) is 20.0 Å². The van der Waals surface area contributed by atoms with Gasteiger partial charge < -0.3 is 19.7 Å². The zero-order valence-corrected chi connectivity index (χ0v) is 21.7. The van der Waals surface area contributed by atoms with Gasteiger partial charge in [-0.25, -0.2) is 4.79 Å². The van der Waals surface area contributed by atoms with Gasteiger partial charge >= 0.3 is 12.1 Å². The van der Waals surface area contributed by atoms with Crippen LogP contribution in [0.2, 0.25) is 0 Å². The minimum Gasteiger partial charge on any atom is -0.466 e. The summed E-state index contributed by atoms with van der Waals surface area (Å²) in [5, 5.41) is 8.46. The van der Waals surface area contributed by atoms with Crippen molar-refractivity contribution >= 4 is 28.9 Å². The van der Waals surface area contributed by atoms with Gasteiger partial charge in [-0.15, -0.1) is 0 Å². The number of hydrogen-bond donors (Lipinski definition) is 1. The first-order valence-corrected chi connectivity index (χ1v) is 12.4. The zero-order chi connectivity index (χ0) is 25.8. The number of nitrogens with zero attached hydrogens (tertiary/aromatic N) is 3. The molecule has 2 heterocycles. The maximum absolute atomic E-state index is 13.3. The van der Waals surface area contributed by atoms with E-state index in [9.17, 15) is 14.4 Å². The normalized spacial score (nSPS) is 18.5. The van der Waals surface area contributed by atoms with E-state index in [0.717, 1.165) is 10.9 Å². The highest BCUT2D eigenvalue weighted by molar-refractivity contribution is 6.05. The van der Waals surface area contributed by atoms with Crippen LogP contribution in [-0.4, -0.2) is 63.5 Å². The molecule has 0 spiro atoms. The molecule has 2 aromatic rings. The molecule has 0 radical (unpaired) electrons. The molecule has 1 N–H and O–H groups in total. The van der Waals surface area contributed by atoms with Crippen molar-refractivity contribution in [2.75, 3.05) is 13.2 Å². The van der Waals surface area contributed by atoms with Crippen LogP contribution >= 0.6 is 0 Å². The lowest BCUT2D eigenvalue weighted by molar-refractivity contribution is -0.143. The number of piperidine rings is 1. The Bertz CT molecular complexity index is 1060. The number of benzene rings is 1. The lowest BCUT2D eigenvalue weighted by Gasteiger charge is -2.40. The van der Waals surface area contributed by atoms with E-state index < -0.39 is 11.7 Å². The molecule has 0 bridgehead atoms. The number of fused-ring (bicyclic) bond motifs is 1. The number of ether oxygens (including phenoxy) is 2. The van der Waals surface area contributed by atoms with Crippen LogP contribution in [0, 0.1) is 0 Å². The van der Waals surface area contributed by atoms with Crippen LogP contribution in [0.1, 0.15) is 83.8 Å². The fourth-order valence-electron chi connectivity index (χ4n) is 4.41. The number of para-hydroxylation sites is 1. The fourth-order valence-corrected chi connectivity index (χ4v) is 4.41. The molecule has 9 heteroatoms. The van der Waals surface area contributed by atoms with Gasteiger partial charge in [-0.1, -0.05) is 18.2 Å². The third-order valence-electron chi connectivity index (χ3n) is 5.97. The molecule has 0 saturated carbocycles. The summed E-state index contributed by atoms with van der Waals surface area (Å²) in [6, 6.07) is 7.37. The average Bonchev–Trinajstić information content (AvgIpc) is 3.17. The lowest BCUT2D eigenvalue weighted by atomic mass is 9.95. The molecule has 2 atom stereocenters. The van der Waals surface area contributed by atoms with Gasteiger partial charge in [-0.2, -0.15) is 5.10 Å². The molecule has 1 aromatic carbocycles. The third-order valence-corrected chi connectivity index (χ3v) is 5.97. The Morgan fingerprint density at radius 3 is 2.54 bits per heavy atom. The van der Waals surface area contributed by atoms with Crippen LogP contribution in [0.25, 0.3) is 10.9 Å². The molecular weight excluding hydrogens is 448 g/mol. The number of carbonyl (C=O) groups excluding carboxylic acids is 3. The van der Waals surface area contributed by atoms with Crippen molar-refractivity contribution in [3.8, 4) is 0 Å². The standard InChI is InChI=1S/C26H38N4O5/c1-7-34-22(31)15-14-19-13-12-18(16-29(19)25(33)35-26(4,5)6)27-24(32)23-20-10-8-9-11-21(20)30(28-23)17(2)3/h8-11,17-19H,7,12-16H2,1-6H3,(H,27,32)/t18-,19-/m0/s1. The van der Waals surface area contributed by atoms with Crippen molar-refractivity contribution in [3.05, 3.63) is 30.0 Å². The number of likely N-dealkylation sites (tertiary alicyclic amines) is 1. The van der Waals surface area contributed by atoms with E-state index in [0.29, 0.717) is 38.1 Å². The monoisotopic (exact) mass is 486 g/mol. The summed E-state index contributed by atoms with van der Waals surface area (Å²) in [6.45, 7) is 11.9. The summed E-state index contributed by atoms with van der Waals surface area (Å²) in [4.78, 5) is 39.8. The number of amides is 2. The topological polar surface area (TPSA) is 103 Å². The summed E-state index contributed by atoms with van der Waals surface area (Å²) in [6.07, 6.45) is 1.60. The van der Waals surface area contributed by atoms with Gasteiger partial charge in [0.25, 0.3) is 5.91 Å². The Morgan fingerprint density at radius 2 is 1.89 bits per heavy atom. The summed E-state index contributed by atoms with van der Waals surface area (Å²) in [7, 11) is 0. The molecule has 2 amide bonds. The smallest absolute Gasteiger partial charge is 0.410 e. The molecule has 1 saturated heterocycles. The second kappa shape index (κ2) is 11.1. The number of nitrogens with one attached hydrogen (secondary N) is 1. The Balaban J connectivity index is 1.75. The quantitative estimate of drug-likeness (QED) is 0.580. The van der Waals surface area contributed by atoms with Crippen molar-refractivity contribution < 1.29 is 23.9 Å². The molecule has 1 aromatic heterocycles. The minimum absolute atomic E-state index is 0.110. The van der Waals surface area contributed by atoms with Crippen LogP contribution in [0.15, 0.2) is 24.3 Å². The maximum atomic E-state index is 13.3. The highest BCUT2D eigenvalue weighted by Gasteiger charge is 2.35. The van der Waals surface area contributed by atoms with Crippen LogP contribution in [0.5, 0.6) is 0 Å². The van der Waals surface area contributed by atoms with Gasteiger partial charge in [-0.05, 0) is 66.9 Å². The van der Waals surface area contributed by atoms with E-state index in [1.54, 1.807) is 11.8 Å². The van der Waals surface area contributed by atoms with Gasteiger partial charge in [0.1, 0.15) is 5.60 Å². The predicted octanol–water partition coefficient (Wildman–Crippen LogP) is 4.46. The second-order valence-corrected chi connectivity index (χ2v) is 10.3. The minimum atomic E-state index is -0.651.